The lowest BCUT2D eigenvalue weighted by Crippen LogP contribution is -2.53. The first kappa shape index (κ1) is 12.7. The molecule has 5 nitrogen and oxygen atoms in total. The summed E-state index contributed by atoms with van der Waals surface area (Å²) in [7, 11) is 3.93. The predicted octanol–water partition coefficient (Wildman–Crippen LogP) is 1.08. The van der Waals surface area contributed by atoms with Gasteiger partial charge in [0.15, 0.2) is 5.96 Å². The molecule has 0 radical (unpaired) electrons. The zero-order chi connectivity index (χ0) is 13.1. The maximum Gasteiger partial charge on any atom is 0.202 e. The Balaban J connectivity index is 2.00. The van der Waals surface area contributed by atoms with Crippen molar-refractivity contribution in [2.75, 3.05) is 20.6 Å². The Hall–Kier alpha value is -1.78. The van der Waals surface area contributed by atoms with Gasteiger partial charge in [-0.2, -0.15) is 0 Å². The number of guanidine groups is 2. The van der Waals surface area contributed by atoms with Crippen molar-refractivity contribution in [2.45, 2.75) is 26.4 Å². The second-order valence-corrected chi connectivity index (χ2v) is 4.93. The predicted molar refractivity (Wildman–Crippen MR) is 75.6 cm³/mol. The molecule has 0 aromatic carbocycles. The van der Waals surface area contributed by atoms with Crippen molar-refractivity contribution in [2.24, 2.45) is 9.98 Å². The lowest BCUT2D eigenvalue weighted by molar-refractivity contribution is 0.560. The minimum atomic E-state index is 0.0530. The molecule has 2 rings (SSSR count). The first-order valence-corrected chi connectivity index (χ1v) is 6.24. The normalized spacial score (nSPS) is 25.0. The fraction of sp³-hybridized carbons (Fsp3) is 0.538. The summed E-state index contributed by atoms with van der Waals surface area (Å²) in [6, 6.07) is 0. The third-order valence-corrected chi connectivity index (χ3v) is 2.85. The first-order chi connectivity index (χ1) is 8.54. The Morgan fingerprint density at radius 3 is 2.89 bits per heavy atom. The van der Waals surface area contributed by atoms with Crippen LogP contribution in [0.3, 0.4) is 0 Å². The van der Waals surface area contributed by atoms with E-state index in [4.69, 9.17) is 0 Å². The van der Waals surface area contributed by atoms with Gasteiger partial charge in [0.1, 0.15) is 6.17 Å². The van der Waals surface area contributed by atoms with Gasteiger partial charge in [-0.3, -0.25) is 5.32 Å². The van der Waals surface area contributed by atoms with Gasteiger partial charge in [-0.25, -0.2) is 9.98 Å². The van der Waals surface area contributed by atoms with Crippen LogP contribution in [-0.4, -0.2) is 43.6 Å². The second kappa shape index (κ2) is 5.25. The van der Waals surface area contributed by atoms with Crippen LogP contribution in [0.2, 0.25) is 0 Å². The standard InChI is InChI=1S/C13H21N5/c1-9-5-6-11(7-9)8-14-12-15-10(2)16-13(17-12)18(3)4/h6-7,10H,5,8H2,1-4H3,(H2,14,15,16,17). The molecule has 0 aromatic heterocycles. The summed E-state index contributed by atoms with van der Waals surface area (Å²) in [5.41, 5.74) is 2.68. The van der Waals surface area contributed by atoms with E-state index in [1.807, 2.05) is 25.9 Å². The first-order valence-electron chi connectivity index (χ1n) is 6.24. The highest BCUT2D eigenvalue weighted by atomic mass is 15.4. The number of nitrogens with zero attached hydrogens (tertiary/aromatic N) is 3. The van der Waals surface area contributed by atoms with Gasteiger partial charge in [0.05, 0.1) is 6.54 Å². The smallest absolute Gasteiger partial charge is 0.202 e. The lowest BCUT2D eigenvalue weighted by atomic mass is 10.3. The maximum atomic E-state index is 4.56. The molecule has 0 aromatic rings. The van der Waals surface area contributed by atoms with Gasteiger partial charge in [0.25, 0.3) is 0 Å². The third-order valence-electron chi connectivity index (χ3n) is 2.85. The Kier molecular flexibility index (Phi) is 3.69. The van der Waals surface area contributed by atoms with Gasteiger partial charge in [-0.15, -0.1) is 0 Å². The molecule has 0 spiro atoms. The second-order valence-electron chi connectivity index (χ2n) is 4.93. The molecular formula is C13H21N5. The highest BCUT2D eigenvalue weighted by molar-refractivity contribution is 6.00. The van der Waals surface area contributed by atoms with Crippen molar-refractivity contribution < 1.29 is 0 Å². The number of hydrogen-bond donors (Lipinski definition) is 2. The zero-order valence-electron chi connectivity index (χ0n) is 11.5. The van der Waals surface area contributed by atoms with E-state index in [1.54, 1.807) is 0 Å². The average molecular weight is 247 g/mol. The fourth-order valence-electron chi connectivity index (χ4n) is 1.91. The van der Waals surface area contributed by atoms with Crippen LogP contribution in [0.25, 0.3) is 0 Å². The van der Waals surface area contributed by atoms with Crippen molar-refractivity contribution in [1.82, 2.24) is 15.5 Å². The monoisotopic (exact) mass is 247 g/mol. The van der Waals surface area contributed by atoms with Crippen LogP contribution in [0, 0.1) is 0 Å². The summed E-state index contributed by atoms with van der Waals surface area (Å²) >= 11 is 0. The molecule has 0 bridgehead atoms. The van der Waals surface area contributed by atoms with E-state index in [2.05, 4.69) is 39.7 Å². The molecule has 1 unspecified atom stereocenters. The summed E-state index contributed by atoms with van der Waals surface area (Å²) in [4.78, 5) is 10.9. The van der Waals surface area contributed by atoms with Gasteiger partial charge in [-0.1, -0.05) is 17.7 Å². The van der Waals surface area contributed by atoms with Crippen molar-refractivity contribution in [3.05, 3.63) is 23.3 Å². The minimum Gasteiger partial charge on any atom is -0.349 e. The van der Waals surface area contributed by atoms with Crippen molar-refractivity contribution >= 4 is 11.9 Å². The summed E-state index contributed by atoms with van der Waals surface area (Å²) in [6.45, 7) is 4.87. The summed E-state index contributed by atoms with van der Waals surface area (Å²) in [6.07, 6.45) is 5.54. The highest BCUT2D eigenvalue weighted by Gasteiger charge is 2.15. The van der Waals surface area contributed by atoms with Crippen LogP contribution in [0.1, 0.15) is 20.3 Å². The third kappa shape index (κ3) is 3.12. The van der Waals surface area contributed by atoms with Gasteiger partial charge >= 0.3 is 0 Å². The molecular weight excluding hydrogens is 226 g/mol. The number of nitrogens with one attached hydrogen (secondary N) is 2. The molecule has 0 saturated carbocycles. The van der Waals surface area contributed by atoms with Crippen LogP contribution in [-0.2, 0) is 0 Å². The molecule has 18 heavy (non-hydrogen) atoms. The van der Waals surface area contributed by atoms with Crippen molar-refractivity contribution in [3.63, 3.8) is 0 Å². The fourth-order valence-corrected chi connectivity index (χ4v) is 1.91. The molecule has 0 saturated heterocycles. The molecule has 2 N–H and O–H groups in total. The van der Waals surface area contributed by atoms with Crippen molar-refractivity contribution in [3.8, 4) is 0 Å². The largest absolute Gasteiger partial charge is 0.349 e. The summed E-state index contributed by atoms with van der Waals surface area (Å²) in [5, 5.41) is 6.40. The van der Waals surface area contributed by atoms with Crippen LogP contribution in [0.15, 0.2) is 33.3 Å². The number of aliphatic imine (C=N–C) groups is 2. The van der Waals surface area contributed by atoms with E-state index in [1.165, 1.54) is 11.1 Å². The Morgan fingerprint density at radius 2 is 2.28 bits per heavy atom. The average Bonchev–Trinajstić information content (AvgIpc) is 2.72. The molecule has 1 aliphatic heterocycles. The van der Waals surface area contributed by atoms with Crippen LogP contribution < -0.4 is 10.6 Å². The topological polar surface area (TPSA) is 52.0 Å². The van der Waals surface area contributed by atoms with E-state index in [-0.39, 0.29) is 6.17 Å². The molecule has 5 heteroatoms. The van der Waals surface area contributed by atoms with Gasteiger partial charge in [0.2, 0.25) is 5.96 Å². The van der Waals surface area contributed by atoms with Gasteiger partial charge in [-0.05, 0) is 25.8 Å². The molecule has 1 heterocycles. The molecule has 2 aliphatic rings. The van der Waals surface area contributed by atoms with E-state index in [9.17, 15) is 0 Å². The Bertz CT molecular complexity index is 442. The van der Waals surface area contributed by atoms with E-state index in [0.29, 0.717) is 6.54 Å². The molecule has 1 aliphatic carbocycles. The van der Waals surface area contributed by atoms with Crippen LogP contribution in [0.5, 0.6) is 0 Å². The van der Waals surface area contributed by atoms with Crippen LogP contribution >= 0.6 is 0 Å². The minimum absolute atomic E-state index is 0.0530. The van der Waals surface area contributed by atoms with Crippen LogP contribution in [0.4, 0.5) is 0 Å². The lowest BCUT2D eigenvalue weighted by Gasteiger charge is -2.26. The molecule has 0 amide bonds. The van der Waals surface area contributed by atoms with Gasteiger partial charge < -0.3 is 10.2 Å². The number of rotatable bonds is 2. The van der Waals surface area contributed by atoms with E-state index in [0.717, 1.165) is 18.3 Å². The zero-order valence-corrected chi connectivity index (χ0v) is 11.5. The Morgan fingerprint density at radius 1 is 1.50 bits per heavy atom. The molecule has 98 valence electrons. The van der Waals surface area contributed by atoms with Crippen molar-refractivity contribution in [1.29, 1.82) is 0 Å². The quantitative estimate of drug-likeness (QED) is 0.767. The summed E-state index contributed by atoms with van der Waals surface area (Å²) < 4.78 is 0. The SMILES string of the molecule is CC1=CC(CN=C2NC(N(C)C)=NC(C)N2)=CC1. The molecule has 0 fully saturated rings. The van der Waals surface area contributed by atoms with E-state index >= 15 is 0 Å². The highest BCUT2D eigenvalue weighted by Crippen LogP contribution is 2.16. The van der Waals surface area contributed by atoms with Gasteiger partial charge in [0, 0.05) is 14.1 Å². The number of hydrogen-bond acceptors (Lipinski definition) is 3. The maximum absolute atomic E-state index is 4.56. The Labute approximate surface area is 108 Å². The van der Waals surface area contributed by atoms with E-state index < -0.39 is 0 Å². The summed E-state index contributed by atoms with van der Waals surface area (Å²) in [5.74, 6) is 1.63. The number of allylic oxidation sites excluding steroid dienone is 2. The molecule has 1 atom stereocenters.